The van der Waals surface area contributed by atoms with Crippen LogP contribution in [0.2, 0.25) is 0 Å². The number of aromatic nitrogens is 2. The lowest BCUT2D eigenvalue weighted by Crippen LogP contribution is -2.44. The molecule has 0 bridgehead atoms. The van der Waals surface area contributed by atoms with Crippen LogP contribution in [0, 0.1) is 5.82 Å². The molecule has 1 aliphatic heterocycles. The predicted molar refractivity (Wildman–Crippen MR) is 118 cm³/mol. The molecule has 0 saturated carbocycles. The number of benzene rings is 2. The lowest BCUT2D eigenvalue weighted by atomic mass is 9.84. The van der Waals surface area contributed by atoms with Crippen LogP contribution in [-0.2, 0) is 22.6 Å². The third-order valence-electron chi connectivity index (χ3n) is 5.79. The van der Waals surface area contributed by atoms with Crippen LogP contribution in [-0.4, -0.2) is 34.6 Å². The summed E-state index contributed by atoms with van der Waals surface area (Å²) in [5.41, 5.74) is 0.621. The molecule has 1 saturated heterocycles. The van der Waals surface area contributed by atoms with Gasteiger partial charge in [0.05, 0.1) is 13.7 Å². The molecule has 1 atom stereocenters. The molecular weight excluding hydrogens is 427 g/mol. The largest absolute Gasteiger partial charge is 0.497 e. The fourth-order valence-corrected chi connectivity index (χ4v) is 3.99. The van der Waals surface area contributed by atoms with Crippen LogP contribution < -0.4 is 15.4 Å². The van der Waals surface area contributed by atoms with E-state index in [1.807, 2.05) is 30.3 Å². The highest BCUT2D eigenvalue weighted by Gasteiger charge is 2.38. The van der Waals surface area contributed by atoms with Crippen molar-refractivity contribution >= 4 is 11.8 Å². The van der Waals surface area contributed by atoms with E-state index in [1.54, 1.807) is 12.1 Å². The Hall–Kier alpha value is -3.75. The Labute approximate surface area is 190 Å². The van der Waals surface area contributed by atoms with Crippen molar-refractivity contribution < 1.29 is 23.2 Å². The molecule has 33 heavy (non-hydrogen) atoms. The van der Waals surface area contributed by atoms with E-state index in [9.17, 15) is 14.0 Å². The number of halogens is 1. The maximum atomic E-state index is 14.5. The highest BCUT2D eigenvalue weighted by Crippen LogP contribution is 2.31. The number of ether oxygens (including phenoxy) is 1. The summed E-state index contributed by atoms with van der Waals surface area (Å²) in [6.07, 6.45) is 1.73. The van der Waals surface area contributed by atoms with Gasteiger partial charge in [-0.3, -0.25) is 9.59 Å². The van der Waals surface area contributed by atoms with E-state index in [0.29, 0.717) is 48.7 Å². The fraction of sp³-hybridized carbons (Fsp3) is 0.333. The normalized spacial score (nSPS) is 17.6. The Morgan fingerprint density at radius 1 is 1.27 bits per heavy atom. The number of amides is 2. The van der Waals surface area contributed by atoms with Gasteiger partial charge in [0, 0.05) is 30.0 Å². The molecule has 2 amide bonds. The summed E-state index contributed by atoms with van der Waals surface area (Å²) in [4.78, 5) is 28.7. The first-order valence-corrected chi connectivity index (χ1v) is 10.7. The summed E-state index contributed by atoms with van der Waals surface area (Å²) < 4.78 is 24.8. The molecule has 8 nitrogen and oxygen atoms in total. The summed E-state index contributed by atoms with van der Waals surface area (Å²) in [6, 6.07) is 14.0. The van der Waals surface area contributed by atoms with Crippen molar-refractivity contribution in [1.82, 2.24) is 20.8 Å². The summed E-state index contributed by atoms with van der Waals surface area (Å²) in [5.74, 6) is 0.468. The molecule has 2 heterocycles. The van der Waals surface area contributed by atoms with Crippen LogP contribution in [0.3, 0.4) is 0 Å². The smallest absolute Gasteiger partial charge is 0.246 e. The number of hydrogen-bond donors (Lipinski definition) is 2. The van der Waals surface area contributed by atoms with E-state index >= 15 is 0 Å². The second-order valence-electron chi connectivity index (χ2n) is 8.12. The van der Waals surface area contributed by atoms with Gasteiger partial charge in [-0.15, -0.1) is 0 Å². The third kappa shape index (κ3) is 5.54. The van der Waals surface area contributed by atoms with E-state index in [4.69, 9.17) is 9.26 Å². The van der Waals surface area contributed by atoms with Crippen LogP contribution >= 0.6 is 0 Å². The summed E-state index contributed by atoms with van der Waals surface area (Å²) in [5, 5.41) is 9.66. The van der Waals surface area contributed by atoms with Gasteiger partial charge in [0.2, 0.25) is 23.5 Å². The minimum atomic E-state index is -0.672. The molecule has 0 spiro atoms. The minimum Gasteiger partial charge on any atom is -0.497 e. The van der Waals surface area contributed by atoms with Crippen LogP contribution in [0.4, 0.5) is 4.39 Å². The molecule has 2 N–H and O–H groups in total. The van der Waals surface area contributed by atoms with E-state index in [2.05, 4.69) is 20.8 Å². The monoisotopic (exact) mass is 452 g/mol. The maximum absolute atomic E-state index is 14.5. The topological polar surface area (TPSA) is 106 Å². The van der Waals surface area contributed by atoms with E-state index < -0.39 is 11.4 Å². The molecule has 0 radical (unpaired) electrons. The standard InChI is InChI=1S/C24H25FN4O4/c1-32-18-8-7-17(19(25)13-18)14-24(12-10-21(31)28-24)11-9-20(30)26-15-22-27-23(29-33-22)16-5-3-2-4-6-16/h2-8,13H,9-12,14-15H2,1H3,(H,26,30)(H,28,31)/t24-/m1/s1. The number of hydrogen-bond acceptors (Lipinski definition) is 6. The number of rotatable bonds is 9. The van der Waals surface area contributed by atoms with E-state index in [1.165, 1.54) is 13.2 Å². The SMILES string of the molecule is COc1ccc(C[C@@]2(CCC(=O)NCc3nc(-c4ccccc4)no3)CCC(=O)N2)c(F)c1. The van der Waals surface area contributed by atoms with Crippen molar-refractivity contribution in [3.05, 3.63) is 65.8 Å². The highest BCUT2D eigenvalue weighted by molar-refractivity contribution is 5.80. The van der Waals surface area contributed by atoms with Crippen LogP contribution in [0.5, 0.6) is 5.75 Å². The van der Waals surface area contributed by atoms with Gasteiger partial charge >= 0.3 is 0 Å². The Bertz CT molecular complexity index is 1130. The van der Waals surface area contributed by atoms with E-state index in [0.717, 1.165) is 5.56 Å². The number of methoxy groups -OCH3 is 1. The number of nitrogens with one attached hydrogen (secondary N) is 2. The van der Waals surface area contributed by atoms with Gasteiger partial charge in [0.15, 0.2) is 0 Å². The lowest BCUT2D eigenvalue weighted by molar-refractivity contribution is -0.123. The van der Waals surface area contributed by atoms with Crippen molar-refractivity contribution in [2.45, 2.75) is 44.2 Å². The first kappa shape index (κ1) is 22.4. The van der Waals surface area contributed by atoms with Crippen molar-refractivity contribution in [3.63, 3.8) is 0 Å². The molecule has 0 aliphatic carbocycles. The average molecular weight is 452 g/mol. The van der Waals surface area contributed by atoms with Crippen molar-refractivity contribution in [1.29, 1.82) is 0 Å². The molecule has 172 valence electrons. The third-order valence-corrected chi connectivity index (χ3v) is 5.79. The van der Waals surface area contributed by atoms with Crippen LogP contribution in [0.1, 0.15) is 37.1 Å². The fourth-order valence-electron chi connectivity index (χ4n) is 3.99. The van der Waals surface area contributed by atoms with E-state index in [-0.39, 0.29) is 24.8 Å². The summed E-state index contributed by atoms with van der Waals surface area (Å²) in [6.45, 7) is 0.102. The van der Waals surface area contributed by atoms with Gasteiger partial charge in [-0.05, 0) is 30.9 Å². The molecule has 2 aromatic carbocycles. The van der Waals surface area contributed by atoms with Gasteiger partial charge in [0.1, 0.15) is 11.6 Å². The predicted octanol–water partition coefficient (Wildman–Crippen LogP) is 3.17. The lowest BCUT2D eigenvalue weighted by Gasteiger charge is -2.29. The number of carbonyl (C=O) groups excluding carboxylic acids is 2. The Balaban J connectivity index is 1.34. The zero-order valence-electron chi connectivity index (χ0n) is 18.3. The number of carbonyl (C=O) groups is 2. The van der Waals surface area contributed by atoms with Gasteiger partial charge < -0.3 is 19.9 Å². The molecular formula is C24H25FN4O4. The van der Waals surface area contributed by atoms with Gasteiger partial charge in [-0.2, -0.15) is 4.98 Å². The molecule has 1 fully saturated rings. The molecule has 1 aromatic heterocycles. The highest BCUT2D eigenvalue weighted by atomic mass is 19.1. The Kier molecular flexibility index (Phi) is 6.67. The Morgan fingerprint density at radius 2 is 2.09 bits per heavy atom. The second-order valence-corrected chi connectivity index (χ2v) is 8.12. The first-order valence-electron chi connectivity index (χ1n) is 10.7. The van der Waals surface area contributed by atoms with Gasteiger partial charge in [0.25, 0.3) is 0 Å². The minimum absolute atomic E-state index is 0.0939. The van der Waals surface area contributed by atoms with Crippen molar-refractivity contribution in [2.75, 3.05) is 7.11 Å². The summed E-state index contributed by atoms with van der Waals surface area (Å²) in [7, 11) is 1.47. The quantitative estimate of drug-likeness (QED) is 0.517. The number of nitrogens with zero attached hydrogens (tertiary/aromatic N) is 2. The maximum Gasteiger partial charge on any atom is 0.246 e. The van der Waals surface area contributed by atoms with Crippen molar-refractivity contribution in [2.24, 2.45) is 0 Å². The zero-order valence-corrected chi connectivity index (χ0v) is 18.3. The van der Waals surface area contributed by atoms with Crippen LogP contribution in [0.25, 0.3) is 11.4 Å². The first-order chi connectivity index (χ1) is 16.0. The summed E-state index contributed by atoms with van der Waals surface area (Å²) >= 11 is 0. The molecule has 0 unspecified atom stereocenters. The van der Waals surface area contributed by atoms with Crippen LogP contribution in [0.15, 0.2) is 53.1 Å². The average Bonchev–Trinajstić information content (AvgIpc) is 3.45. The van der Waals surface area contributed by atoms with Gasteiger partial charge in [-0.1, -0.05) is 41.6 Å². The van der Waals surface area contributed by atoms with Crippen molar-refractivity contribution in [3.8, 4) is 17.1 Å². The Morgan fingerprint density at radius 3 is 2.79 bits per heavy atom. The molecule has 4 rings (SSSR count). The molecule has 9 heteroatoms. The van der Waals surface area contributed by atoms with Gasteiger partial charge in [-0.25, -0.2) is 4.39 Å². The second kappa shape index (κ2) is 9.81. The molecule has 3 aromatic rings. The zero-order chi connectivity index (χ0) is 23.3. The molecule has 1 aliphatic rings.